The molecule has 1 atom stereocenters. The smallest absolute Gasteiger partial charge is 0.185 e. The van der Waals surface area contributed by atoms with Gasteiger partial charge in [0.2, 0.25) is 0 Å². The molecular formula is C10H28NO2PS. The quantitative estimate of drug-likeness (QED) is 0.518. The fraction of sp³-hybridized carbons (Fsp3) is 1.00. The number of hydrogen-bond donors (Lipinski definition) is 2. The van der Waals surface area contributed by atoms with Crippen molar-refractivity contribution in [2.75, 3.05) is 19.3 Å². The van der Waals surface area contributed by atoms with Gasteiger partial charge in [-0.3, -0.25) is 0 Å². The molecule has 0 aromatic rings. The molecule has 1 unspecified atom stereocenters. The summed E-state index contributed by atoms with van der Waals surface area (Å²) in [6.45, 7) is 4.78. The van der Waals surface area contributed by atoms with Crippen molar-refractivity contribution in [2.24, 2.45) is 5.73 Å². The van der Waals surface area contributed by atoms with E-state index in [0.717, 1.165) is 32.2 Å². The van der Waals surface area contributed by atoms with Crippen LogP contribution in [0, 0.1) is 0 Å². The van der Waals surface area contributed by atoms with Crippen LogP contribution in [0.15, 0.2) is 0 Å². The van der Waals surface area contributed by atoms with Gasteiger partial charge in [0.1, 0.15) is 0 Å². The lowest BCUT2D eigenvalue weighted by Crippen LogP contribution is -1.99. The molecule has 0 amide bonds. The van der Waals surface area contributed by atoms with Crippen LogP contribution in [0.3, 0.4) is 0 Å². The summed E-state index contributed by atoms with van der Waals surface area (Å²) in [6.07, 6.45) is 4.85. The number of unbranched alkanes of at least 4 members (excludes halogenated alkanes) is 3. The molecule has 5 heteroatoms. The molecule has 0 radical (unpaired) electrons. The van der Waals surface area contributed by atoms with Gasteiger partial charge in [-0.25, -0.2) is 0 Å². The topological polar surface area (TPSA) is 55.5 Å². The van der Waals surface area contributed by atoms with Crippen LogP contribution < -0.4 is 5.73 Å². The maximum Gasteiger partial charge on any atom is 0.185 e. The lowest BCUT2D eigenvalue weighted by molar-refractivity contribution is 0.297. The highest BCUT2D eigenvalue weighted by atomic mass is 32.5. The van der Waals surface area contributed by atoms with Crippen LogP contribution in [0.1, 0.15) is 47.9 Å². The molecule has 0 spiro atoms. The fourth-order valence-electron chi connectivity index (χ4n) is 0.898. The molecule has 0 aliphatic heterocycles. The van der Waals surface area contributed by atoms with E-state index in [9.17, 15) is 4.89 Å². The molecule has 96 valence electrons. The third kappa shape index (κ3) is 14.5. The summed E-state index contributed by atoms with van der Waals surface area (Å²) < 4.78 is 5.21. The minimum Gasteiger partial charge on any atom is -0.345 e. The standard InChI is InChI=1S/C8H20NO2PS.C2H6.H2/c1-2-12(10,13)11-8-6-4-3-5-7-9;1-2;/h2-9H2,1H3,(H,10,13);1-2H3;1H. The van der Waals surface area contributed by atoms with Gasteiger partial charge in [0.05, 0.1) is 6.61 Å². The summed E-state index contributed by atoms with van der Waals surface area (Å²) in [7, 11) is 0. The van der Waals surface area contributed by atoms with Crippen molar-refractivity contribution in [2.45, 2.75) is 46.5 Å². The molecule has 0 rings (SSSR count). The van der Waals surface area contributed by atoms with Gasteiger partial charge in [-0.05, 0) is 31.2 Å². The second kappa shape index (κ2) is 12.6. The van der Waals surface area contributed by atoms with Gasteiger partial charge in [-0.2, -0.15) is 0 Å². The summed E-state index contributed by atoms with van der Waals surface area (Å²) in [5.41, 5.74) is 5.35. The van der Waals surface area contributed by atoms with Crippen LogP contribution >= 0.6 is 6.49 Å². The van der Waals surface area contributed by atoms with Crippen LogP contribution in [0.25, 0.3) is 0 Å². The second-order valence-electron chi connectivity index (χ2n) is 2.99. The Bertz CT molecular complexity index is 173. The molecule has 0 aliphatic carbocycles. The second-order valence-corrected chi connectivity index (χ2v) is 6.87. The Kier molecular flexibility index (Phi) is 15.0. The average Bonchev–Trinajstić information content (AvgIpc) is 2.26. The van der Waals surface area contributed by atoms with Crippen molar-refractivity contribution in [1.82, 2.24) is 0 Å². The van der Waals surface area contributed by atoms with E-state index in [2.05, 4.69) is 0 Å². The number of rotatable bonds is 8. The van der Waals surface area contributed by atoms with Gasteiger partial charge in [0.15, 0.2) is 6.49 Å². The largest absolute Gasteiger partial charge is 0.345 e. The molecule has 0 saturated carbocycles. The van der Waals surface area contributed by atoms with E-state index in [1.54, 1.807) is 0 Å². The molecule has 0 bridgehead atoms. The minimum atomic E-state index is -2.42. The van der Waals surface area contributed by atoms with Gasteiger partial charge < -0.3 is 15.2 Å². The Morgan fingerprint density at radius 2 is 1.80 bits per heavy atom. The van der Waals surface area contributed by atoms with Crippen molar-refractivity contribution in [1.29, 1.82) is 0 Å². The van der Waals surface area contributed by atoms with Gasteiger partial charge >= 0.3 is 0 Å². The highest BCUT2D eigenvalue weighted by molar-refractivity contribution is 8.09. The first-order valence-corrected chi connectivity index (χ1v) is 8.64. The van der Waals surface area contributed by atoms with Gasteiger partial charge in [-0.1, -0.05) is 33.6 Å². The third-order valence-corrected chi connectivity index (χ3v) is 4.27. The monoisotopic (exact) mass is 257 g/mol. The molecule has 15 heavy (non-hydrogen) atoms. The maximum atomic E-state index is 9.41. The van der Waals surface area contributed by atoms with Crippen LogP contribution in [0.5, 0.6) is 0 Å². The molecule has 0 aromatic carbocycles. The zero-order valence-corrected chi connectivity index (χ0v) is 11.9. The summed E-state index contributed by atoms with van der Waals surface area (Å²) in [5.74, 6) is 0. The van der Waals surface area contributed by atoms with E-state index in [4.69, 9.17) is 22.1 Å². The summed E-state index contributed by atoms with van der Waals surface area (Å²) in [4.78, 5) is 9.41. The van der Waals surface area contributed by atoms with Gasteiger partial charge in [-0.15, -0.1) is 0 Å². The average molecular weight is 257 g/mol. The molecule has 0 aromatic heterocycles. The molecule has 3 nitrogen and oxygen atoms in total. The highest BCUT2D eigenvalue weighted by Gasteiger charge is 2.08. The lowest BCUT2D eigenvalue weighted by Gasteiger charge is -2.12. The van der Waals surface area contributed by atoms with E-state index in [-0.39, 0.29) is 1.43 Å². The molecule has 0 saturated heterocycles. The van der Waals surface area contributed by atoms with Crippen LogP contribution in [0.4, 0.5) is 0 Å². The van der Waals surface area contributed by atoms with Crippen molar-refractivity contribution >= 4 is 18.3 Å². The zero-order chi connectivity index (χ0) is 12.2. The van der Waals surface area contributed by atoms with E-state index >= 15 is 0 Å². The molecule has 0 heterocycles. The summed E-state index contributed by atoms with van der Waals surface area (Å²) in [6, 6.07) is 0. The van der Waals surface area contributed by atoms with E-state index in [0.29, 0.717) is 12.8 Å². The maximum absolute atomic E-state index is 9.41. The normalized spacial score (nSPS) is 13.9. The first-order chi connectivity index (χ1) is 7.12. The highest BCUT2D eigenvalue weighted by Crippen LogP contribution is 2.41. The summed E-state index contributed by atoms with van der Waals surface area (Å²) >= 11 is 4.87. The Balaban J connectivity index is -0.000000529. The molecule has 3 N–H and O–H groups in total. The Morgan fingerprint density at radius 1 is 1.27 bits per heavy atom. The van der Waals surface area contributed by atoms with Crippen LogP contribution in [-0.4, -0.2) is 24.2 Å². The minimum absolute atomic E-state index is 0. The fourth-order valence-corrected chi connectivity index (χ4v) is 1.72. The van der Waals surface area contributed by atoms with Crippen molar-refractivity contribution < 1.29 is 10.8 Å². The molecule has 0 fully saturated rings. The van der Waals surface area contributed by atoms with Gasteiger partial charge in [0, 0.05) is 7.59 Å². The lowest BCUT2D eigenvalue weighted by atomic mass is 10.2. The Labute approximate surface area is 101 Å². The first kappa shape index (κ1) is 17.9. The van der Waals surface area contributed by atoms with Crippen molar-refractivity contribution in [3.63, 3.8) is 0 Å². The zero-order valence-electron chi connectivity index (χ0n) is 10.2. The predicted molar refractivity (Wildman–Crippen MR) is 74.0 cm³/mol. The number of nitrogens with two attached hydrogens (primary N) is 1. The predicted octanol–water partition coefficient (Wildman–Crippen LogP) is 3.12. The molecular weight excluding hydrogens is 229 g/mol. The molecule has 0 aliphatic rings. The van der Waals surface area contributed by atoms with Crippen molar-refractivity contribution in [3.05, 3.63) is 0 Å². The van der Waals surface area contributed by atoms with E-state index in [1.165, 1.54) is 0 Å². The van der Waals surface area contributed by atoms with Crippen LogP contribution in [-0.2, 0) is 16.3 Å². The first-order valence-electron chi connectivity index (χ1n) is 5.79. The Morgan fingerprint density at radius 3 is 2.27 bits per heavy atom. The van der Waals surface area contributed by atoms with E-state index < -0.39 is 6.49 Å². The third-order valence-electron chi connectivity index (χ3n) is 1.79. The van der Waals surface area contributed by atoms with Gasteiger partial charge in [0.25, 0.3) is 0 Å². The number of hydrogen-bond acceptors (Lipinski definition) is 3. The van der Waals surface area contributed by atoms with E-state index in [1.807, 2.05) is 20.8 Å². The SMILES string of the molecule is CC.CCP(O)(=S)OCCCCCCN.[HH]. The van der Waals surface area contributed by atoms with Crippen LogP contribution in [0.2, 0.25) is 0 Å². The summed E-state index contributed by atoms with van der Waals surface area (Å²) in [5, 5.41) is 0. The Hall–Kier alpha value is 0.530. The van der Waals surface area contributed by atoms with Crippen molar-refractivity contribution in [3.8, 4) is 0 Å².